The second-order valence-electron chi connectivity index (χ2n) is 6.13. The van der Waals surface area contributed by atoms with Gasteiger partial charge in [0, 0.05) is 31.4 Å². The first-order valence-corrected chi connectivity index (χ1v) is 8.48. The fourth-order valence-electron chi connectivity index (χ4n) is 2.93. The molecule has 1 fully saturated rings. The average molecular weight is 332 g/mol. The molecule has 1 aliphatic heterocycles. The van der Waals surface area contributed by atoms with Gasteiger partial charge in [0.05, 0.1) is 12.2 Å². The second kappa shape index (κ2) is 7.57. The number of rotatable bonds is 6. The van der Waals surface area contributed by atoms with Crippen LogP contribution in [-0.2, 0) is 24.4 Å². The Bertz CT molecular complexity index is 680. The molecule has 1 saturated heterocycles. The lowest BCUT2D eigenvalue weighted by atomic mass is 10.1. The summed E-state index contributed by atoms with van der Waals surface area (Å²) < 4.78 is 7.03. The van der Waals surface area contributed by atoms with Gasteiger partial charge in [0.2, 0.25) is 11.8 Å². The van der Waals surface area contributed by atoms with Gasteiger partial charge in [-0.1, -0.05) is 5.16 Å². The first-order valence-electron chi connectivity index (χ1n) is 8.48. The van der Waals surface area contributed by atoms with Crippen LogP contribution in [0.1, 0.15) is 43.5 Å². The van der Waals surface area contributed by atoms with E-state index in [1.165, 1.54) is 0 Å². The zero-order chi connectivity index (χ0) is 16.9. The molecule has 8 heteroatoms. The predicted octanol–water partition coefficient (Wildman–Crippen LogP) is 1.27. The monoisotopic (exact) mass is 332 g/mol. The summed E-state index contributed by atoms with van der Waals surface area (Å²) in [6, 6.07) is -0.179. The number of nitrogens with zero attached hydrogens (tertiary/aromatic N) is 5. The molecule has 0 bridgehead atoms. The first kappa shape index (κ1) is 16.6. The number of amides is 1. The van der Waals surface area contributed by atoms with E-state index in [1.54, 1.807) is 6.92 Å². The van der Waals surface area contributed by atoms with Crippen molar-refractivity contribution in [1.82, 2.24) is 30.1 Å². The number of hydrogen-bond donors (Lipinski definition) is 1. The summed E-state index contributed by atoms with van der Waals surface area (Å²) in [5.74, 6) is 1.19. The number of likely N-dealkylation sites (tertiary alicyclic amines) is 1. The highest BCUT2D eigenvalue weighted by molar-refractivity contribution is 5.82. The maximum absolute atomic E-state index is 12.8. The molecule has 1 N–H and O–H groups in total. The summed E-state index contributed by atoms with van der Waals surface area (Å²) in [4.78, 5) is 18.8. The molecule has 0 aliphatic carbocycles. The van der Waals surface area contributed by atoms with E-state index in [2.05, 4.69) is 27.5 Å². The molecule has 8 nitrogen and oxygen atoms in total. The van der Waals surface area contributed by atoms with Crippen molar-refractivity contribution in [3.8, 4) is 0 Å². The molecule has 0 aromatic carbocycles. The van der Waals surface area contributed by atoms with Crippen molar-refractivity contribution in [1.29, 1.82) is 0 Å². The van der Waals surface area contributed by atoms with Crippen molar-refractivity contribution in [3.63, 3.8) is 0 Å². The summed E-state index contributed by atoms with van der Waals surface area (Å²) in [6.07, 6.45) is 6.71. The lowest BCUT2D eigenvalue weighted by Gasteiger charge is -2.23. The van der Waals surface area contributed by atoms with Gasteiger partial charge in [-0.05, 0) is 33.1 Å². The number of carbonyl (C=O) groups excluding carboxylic acids is 1. The molecule has 3 rings (SSSR count). The van der Waals surface area contributed by atoms with Crippen molar-refractivity contribution < 1.29 is 9.32 Å². The van der Waals surface area contributed by atoms with Crippen LogP contribution >= 0.6 is 0 Å². The van der Waals surface area contributed by atoms with Gasteiger partial charge in [-0.3, -0.25) is 9.48 Å². The third-order valence-electron chi connectivity index (χ3n) is 4.24. The normalized spacial score (nSPS) is 18.8. The minimum Gasteiger partial charge on any atom is -0.337 e. The Morgan fingerprint density at radius 3 is 3.00 bits per heavy atom. The molecule has 0 saturated carbocycles. The van der Waals surface area contributed by atoms with Gasteiger partial charge in [-0.25, -0.2) is 0 Å². The van der Waals surface area contributed by atoms with Crippen LogP contribution in [0, 0.1) is 6.92 Å². The zero-order valence-corrected chi connectivity index (χ0v) is 14.2. The van der Waals surface area contributed by atoms with E-state index in [1.807, 2.05) is 22.0 Å². The largest absolute Gasteiger partial charge is 0.337 e. The highest BCUT2D eigenvalue weighted by atomic mass is 16.5. The number of nitrogens with one attached hydrogen (secondary N) is 1. The number of aromatic nitrogens is 4. The molecule has 130 valence electrons. The molecular formula is C16H24N6O2. The minimum atomic E-state index is -0.179. The standard InChI is InChI=1S/C16H24N6O2/c1-3-22-10-13(9-18-22)8-17-14-6-4-5-7-21(16(14)23)11-15-19-12(2)20-24-15/h9-10,14,17H,3-8,11H2,1-2H3. The van der Waals surface area contributed by atoms with E-state index in [9.17, 15) is 4.79 Å². The molecule has 1 atom stereocenters. The van der Waals surface area contributed by atoms with Crippen LogP contribution < -0.4 is 5.32 Å². The fourth-order valence-corrected chi connectivity index (χ4v) is 2.93. The molecule has 0 radical (unpaired) electrons. The van der Waals surface area contributed by atoms with E-state index in [-0.39, 0.29) is 11.9 Å². The van der Waals surface area contributed by atoms with Gasteiger partial charge in [0.15, 0.2) is 5.82 Å². The highest BCUT2D eigenvalue weighted by Crippen LogP contribution is 2.15. The van der Waals surface area contributed by atoms with Crippen LogP contribution in [0.5, 0.6) is 0 Å². The second-order valence-corrected chi connectivity index (χ2v) is 6.13. The molecule has 3 heterocycles. The fraction of sp³-hybridized carbons (Fsp3) is 0.625. The average Bonchev–Trinajstić information content (AvgIpc) is 3.17. The Balaban J connectivity index is 1.60. The van der Waals surface area contributed by atoms with Gasteiger partial charge in [-0.2, -0.15) is 10.1 Å². The zero-order valence-electron chi connectivity index (χ0n) is 14.2. The molecule has 1 aliphatic rings. The van der Waals surface area contributed by atoms with Crippen LogP contribution in [0.3, 0.4) is 0 Å². The van der Waals surface area contributed by atoms with E-state index in [0.717, 1.165) is 37.9 Å². The molecule has 24 heavy (non-hydrogen) atoms. The maximum atomic E-state index is 12.8. The minimum absolute atomic E-state index is 0.103. The Morgan fingerprint density at radius 1 is 1.42 bits per heavy atom. The van der Waals surface area contributed by atoms with Gasteiger partial charge in [0.25, 0.3) is 0 Å². The number of aryl methyl sites for hydroxylation is 2. The Kier molecular flexibility index (Phi) is 5.24. The van der Waals surface area contributed by atoms with Crippen LogP contribution in [-0.4, -0.2) is 43.3 Å². The molecule has 1 amide bonds. The highest BCUT2D eigenvalue weighted by Gasteiger charge is 2.27. The quantitative estimate of drug-likeness (QED) is 0.857. The van der Waals surface area contributed by atoms with Crippen LogP contribution in [0.2, 0.25) is 0 Å². The summed E-state index contributed by atoms with van der Waals surface area (Å²) in [5, 5.41) is 11.4. The lowest BCUT2D eigenvalue weighted by molar-refractivity contribution is -0.133. The molecule has 1 unspecified atom stereocenters. The van der Waals surface area contributed by atoms with E-state index < -0.39 is 0 Å². The summed E-state index contributed by atoms with van der Waals surface area (Å²) in [6.45, 7) is 6.43. The SMILES string of the molecule is CCn1cc(CNC2CCCCN(Cc3nc(C)no3)C2=O)cn1. The van der Waals surface area contributed by atoms with Crippen LogP contribution in [0.15, 0.2) is 16.9 Å². The maximum Gasteiger partial charge on any atom is 0.246 e. The lowest BCUT2D eigenvalue weighted by Crippen LogP contribution is -2.44. The third kappa shape index (κ3) is 4.00. The van der Waals surface area contributed by atoms with Crippen LogP contribution in [0.25, 0.3) is 0 Å². The van der Waals surface area contributed by atoms with E-state index in [4.69, 9.17) is 4.52 Å². The Hall–Kier alpha value is -2.22. The van der Waals surface area contributed by atoms with E-state index >= 15 is 0 Å². The van der Waals surface area contributed by atoms with Crippen molar-refractivity contribution in [2.24, 2.45) is 0 Å². The smallest absolute Gasteiger partial charge is 0.246 e. The van der Waals surface area contributed by atoms with Gasteiger partial charge in [-0.15, -0.1) is 0 Å². The van der Waals surface area contributed by atoms with Gasteiger partial charge in [0.1, 0.15) is 6.54 Å². The van der Waals surface area contributed by atoms with Crippen molar-refractivity contribution in [2.75, 3.05) is 6.54 Å². The first-order chi connectivity index (χ1) is 11.7. The van der Waals surface area contributed by atoms with Crippen LogP contribution in [0.4, 0.5) is 0 Å². The molecule has 0 spiro atoms. The summed E-state index contributed by atoms with van der Waals surface area (Å²) >= 11 is 0. The Morgan fingerprint density at radius 2 is 2.29 bits per heavy atom. The molecular weight excluding hydrogens is 308 g/mol. The third-order valence-corrected chi connectivity index (χ3v) is 4.24. The van der Waals surface area contributed by atoms with Crippen molar-refractivity contribution >= 4 is 5.91 Å². The van der Waals surface area contributed by atoms with Gasteiger partial charge < -0.3 is 14.7 Å². The number of carbonyl (C=O) groups is 1. The van der Waals surface area contributed by atoms with E-state index in [0.29, 0.717) is 24.8 Å². The topological polar surface area (TPSA) is 89.1 Å². The predicted molar refractivity (Wildman–Crippen MR) is 86.8 cm³/mol. The van der Waals surface area contributed by atoms with Crippen molar-refractivity contribution in [3.05, 3.63) is 29.7 Å². The summed E-state index contributed by atoms with van der Waals surface area (Å²) in [5.41, 5.74) is 1.09. The molecule has 2 aromatic rings. The van der Waals surface area contributed by atoms with Gasteiger partial charge >= 0.3 is 0 Å². The molecule has 2 aromatic heterocycles. The Labute approximate surface area is 141 Å². The van der Waals surface area contributed by atoms with Crippen molar-refractivity contribution in [2.45, 2.75) is 58.8 Å². The number of hydrogen-bond acceptors (Lipinski definition) is 6. The summed E-state index contributed by atoms with van der Waals surface area (Å²) in [7, 11) is 0.